The summed E-state index contributed by atoms with van der Waals surface area (Å²) in [6, 6.07) is 0. The molecule has 2 N–H and O–H groups in total. The maximum atomic E-state index is 12.4. The van der Waals surface area contributed by atoms with Crippen LogP contribution in [0.1, 0.15) is 19.3 Å². The van der Waals surface area contributed by atoms with Gasteiger partial charge in [-0.3, -0.25) is 4.79 Å². The Kier molecular flexibility index (Phi) is 3.90. The van der Waals surface area contributed by atoms with E-state index < -0.39 is 11.5 Å². The van der Waals surface area contributed by atoms with Crippen molar-refractivity contribution in [2.45, 2.75) is 25.4 Å². The van der Waals surface area contributed by atoms with E-state index in [-0.39, 0.29) is 5.91 Å². The third-order valence-corrected chi connectivity index (χ3v) is 4.70. The minimum Gasteiger partial charge on any atom is -0.392 e. The summed E-state index contributed by atoms with van der Waals surface area (Å²) >= 11 is 0. The lowest BCUT2D eigenvalue weighted by Crippen LogP contribution is -2.61. The summed E-state index contributed by atoms with van der Waals surface area (Å²) in [5.74, 6) is 1.52. The first-order valence-corrected chi connectivity index (χ1v) is 7.74. The molecule has 0 radical (unpaired) electrons. The molecule has 3 heterocycles. The summed E-state index contributed by atoms with van der Waals surface area (Å²) in [5.41, 5.74) is -0.725. The van der Waals surface area contributed by atoms with Crippen LogP contribution >= 0.6 is 0 Å². The van der Waals surface area contributed by atoms with E-state index in [0.29, 0.717) is 32.5 Å². The van der Waals surface area contributed by atoms with Crippen molar-refractivity contribution < 1.29 is 9.90 Å². The van der Waals surface area contributed by atoms with Gasteiger partial charge in [-0.1, -0.05) is 0 Å². The standard InChI is InChI=1S/C15H23N5O2/c1-19(2)12-13(17-8-7-16-12)20-9-4-11(21)15(10-20)5-3-6-18-14(15)22/h7-8,11,21H,3-6,9-10H2,1-2H3,(H,18,22)/t11-,15-/m1/s1. The Hall–Kier alpha value is -1.89. The molecule has 0 bridgehead atoms. The molecule has 0 saturated carbocycles. The van der Waals surface area contributed by atoms with Gasteiger partial charge in [-0.2, -0.15) is 0 Å². The number of anilines is 2. The molecule has 1 aromatic rings. The molecule has 7 nitrogen and oxygen atoms in total. The lowest BCUT2D eigenvalue weighted by Gasteiger charge is -2.47. The molecule has 2 aliphatic heterocycles. The van der Waals surface area contributed by atoms with Gasteiger partial charge in [0.05, 0.1) is 11.5 Å². The summed E-state index contributed by atoms with van der Waals surface area (Å²) in [5, 5.41) is 13.4. The molecule has 22 heavy (non-hydrogen) atoms. The van der Waals surface area contributed by atoms with Crippen molar-refractivity contribution in [2.24, 2.45) is 5.41 Å². The van der Waals surface area contributed by atoms with Crippen LogP contribution in [0.2, 0.25) is 0 Å². The van der Waals surface area contributed by atoms with Gasteiger partial charge in [-0.05, 0) is 19.3 Å². The zero-order chi connectivity index (χ0) is 15.7. The molecule has 2 fully saturated rings. The smallest absolute Gasteiger partial charge is 0.230 e. The third-order valence-electron chi connectivity index (χ3n) is 4.70. The Labute approximate surface area is 130 Å². The van der Waals surface area contributed by atoms with Crippen molar-refractivity contribution in [3.8, 4) is 0 Å². The Morgan fingerprint density at radius 2 is 2.18 bits per heavy atom. The molecule has 1 amide bonds. The van der Waals surface area contributed by atoms with Crippen LogP contribution in [-0.4, -0.2) is 60.8 Å². The number of aliphatic hydroxyl groups excluding tert-OH is 1. The van der Waals surface area contributed by atoms with Gasteiger partial charge >= 0.3 is 0 Å². The number of aliphatic hydroxyl groups is 1. The summed E-state index contributed by atoms with van der Waals surface area (Å²) in [6.07, 6.45) is 4.92. The fraction of sp³-hybridized carbons (Fsp3) is 0.667. The molecular weight excluding hydrogens is 282 g/mol. The first kappa shape index (κ1) is 15.0. The normalized spacial score (nSPS) is 28.6. The van der Waals surface area contributed by atoms with Crippen LogP contribution in [0.15, 0.2) is 12.4 Å². The number of hydrogen-bond acceptors (Lipinski definition) is 6. The molecule has 0 aromatic carbocycles. The summed E-state index contributed by atoms with van der Waals surface area (Å²) < 4.78 is 0. The van der Waals surface area contributed by atoms with E-state index in [1.54, 1.807) is 12.4 Å². The molecule has 0 aliphatic carbocycles. The van der Waals surface area contributed by atoms with Crippen molar-refractivity contribution in [1.29, 1.82) is 0 Å². The van der Waals surface area contributed by atoms with E-state index >= 15 is 0 Å². The number of piperidine rings is 2. The molecule has 2 saturated heterocycles. The highest BCUT2D eigenvalue weighted by molar-refractivity contribution is 5.85. The molecule has 0 unspecified atom stereocenters. The summed E-state index contributed by atoms with van der Waals surface area (Å²) in [7, 11) is 3.85. The van der Waals surface area contributed by atoms with Gasteiger partial charge in [0.15, 0.2) is 11.6 Å². The summed E-state index contributed by atoms with van der Waals surface area (Å²) in [4.78, 5) is 25.3. The number of nitrogens with zero attached hydrogens (tertiary/aromatic N) is 4. The summed E-state index contributed by atoms with van der Waals surface area (Å²) in [6.45, 7) is 1.86. The Bertz CT molecular complexity index is 565. The minimum absolute atomic E-state index is 0.0359. The first-order chi connectivity index (χ1) is 10.5. The Balaban J connectivity index is 1.92. The fourth-order valence-electron chi connectivity index (χ4n) is 3.49. The van der Waals surface area contributed by atoms with Gasteiger partial charge < -0.3 is 20.2 Å². The molecule has 1 aromatic heterocycles. The number of nitrogens with one attached hydrogen (secondary N) is 1. The van der Waals surface area contributed by atoms with Gasteiger partial charge in [0.2, 0.25) is 5.91 Å². The molecule has 2 atom stereocenters. The zero-order valence-corrected chi connectivity index (χ0v) is 13.1. The van der Waals surface area contributed by atoms with Crippen molar-refractivity contribution >= 4 is 17.5 Å². The lowest BCUT2D eigenvalue weighted by atomic mass is 9.71. The number of carbonyl (C=O) groups is 1. The molecule has 7 heteroatoms. The fourth-order valence-corrected chi connectivity index (χ4v) is 3.49. The second kappa shape index (κ2) is 5.72. The predicted octanol–water partition coefficient (Wildman–Crippen LogP) is 0.0100. The number of amides is 1. The first-order valence-electron chi connectivity index (χ1n) is 7.74. The average molecular weight is 305 g/mol. The lowest BCUT2D eigenvalue weighted by molar-refractivity contribution is -0.142. The van der Waals surface area contributed by atoms with Crippen molar-refractivity contribution in [2.75, 3.05) is 43.5 Å². The molecular formula is C15H23N5O2. The van der Waals surface area contributed by atoms with Gasteiger partial charge in [-0.15, -0.1) is 0 Å². The second-order valence-corrected chi connectivity index (χ2v) is 6.34. The minimum atomic E-state index is -0.725. The van der Waals surface area contributed by atoms with Crippen LogP contribution in [0.3, 0.4) is 0 Å². The number of carbonyl (C=O) groups excluding carboxylic acids is 1. The quantitative estimate of drug-likeness (QED) is 0.801. The topological polar surface area (TPSA) is 81.6 Å². The van der Waals surface area contributed by atoms with E-state index in [2.05, 4.69) is 20.2 Å². The Morgan fingerprint density at radius 1 is 1.41 bits per heavy atom. The van der Waals surface area contributed by atoms with Gasteiger partial charge in [-0.25, -0.2) is 9.97 Å². The zero-order valence-electron chi connectivity index (χ0n) is 13.1. The molecule has 2 aliphatic rings. The van der Waals surface area contributed by atoms with Crippen molar-refractivity contribution in [3.63, 3.8) is 0 Å². The van der Waals surface area contributed by atoms with Crippen LogP contribution in [0, 0.1) is 5.41 Å². The molecule has 120 valence electrons. The van der Waals surface area contributed by atoms with Crippen LogP contribution in [0.5, 0.6) is 0 Å². The highest BCUT2D eigenvalue weighted by Gasteiger charge is 2.50. The highest BCUT2D eigenvalue weighted by Crippen LogP contribution is 2.39. The third kappa shape index (κ3) is 2.39. The van der Waals surface area contributed by atoms with E-state index in [9.17, 15) is 9.90 Å². The van der Waals surface area contributed by atoms with E-state index in [0.717, 1.165) is 18.1 Å². The van der Waals surface area contributed by atoms with E-state index in [4.69, 9.17) is 0 Å². The van der Waals surface area contributed by atoms with E-state index in [1.165, 1.54) is 0 Å². The van der Waals surface area contributed by atoms with Gasteiger partial charge in [0.1, 0.15) is 0 Å². The van der Waals surface area contributed by atoms with Crippen LogP contribution in [0.25, 0.3) is 0 Å². The van der Waals surface area contributed by atoms with Crippen LogP contribution in [-0.2, 0) is 4.79 Å². The maximum Gasteiger partial charge on any atom is 0.230 e. The molecule has 3 rings (SSSR count). The van der Waals surface area contributed by atoms with Crippen LogP contribution < -0.4 is 15.1 Å². The van der Waals surface area contributed by atoms with Gasteiger partial charge in [0, 0.05) is 46.1 Å². The SMILES string of the molecule is CN(C)c1nccnc1N1CC[C@@H](O)[C@@]2(CCCNC2=O)C1. The monoisotopic (exact) mass is 305 g/mol. The van der Waals surface area contributed by atoms with Crippen molar-refractivity contribution in [3.05, 3.63) is 12.4 Å². The average Bonchev–Trinajstić information content (AvgIpc) is 2.52. The highest BCUT2D eigenvalue weighted by atomic mass is 16.3. The van der Waals surface area contributed by atoms with Crippen LogP contribution in [0.4, 0.5) is 11.6 Å². The van der Waals surface area contributed by atoms with E-state index in [1.807, 2.05) is 19.0 Å². The number of rotatable bonds is 2. The predicted molar refractivity (Wildman–Crippen MR) is 83.9 cm³/mol. The maximum absolute atomic E-state index is 12.4. The molecule has 1 spiro atoms. The largest absolute Gasteiger partial charge is 0.392 e. The Morgan fingerprint density at radius 3 is 2.91 bits per heavy atom. The van der Waals surface area contributed by atoms with Gasteiger partial charge in [0.25, 0.3) is 0 Å². The number of hydrogen-bond donors (Lipinski definition) is 2. The second-order valence-electron chi connectivity index (χ2n) is 6.34. The number of aromatic nitrogens is 2. The van der Waals surface area contributed by atoms with Crippen molar-refractivity contribution in [1.82, 2.24) is 15.3 Å².